The van der Waals surface area contributed by atoms with Crippen LogP contribution in [0.5, 0.6) is 5.75 Å². The minimum atomic E-state index is -0.571. The predicted octanol–water partition coefficient (Wildman–Crippen LogP) is 4.39. The first-order valence-corrected chi connectivity index (χ1v) is 8.87. The maximum absolute atomic E-state index is 12.1. The third-order valence-electron chi connectivity index (χ3n) is 3.76. The van der Waals surface area contributed by atoms with Gasteiger partial charge in [0.2, 0.25) is 0 Å². The SMILES string of the molecule is O=C(NNC(=O)c1ccc(OCc2ccccc2)cc1)Nc1ccc(Cl)cc1. The highest BCUT2D eigenvalue weighted by Crippen LogP contribution is 2.15. The standard InChI is InChI=1S/C21H18ClN3O3/c22-17-8-10-18(11-9-17)23-21(27)25-24-20(26)16-6-12-19(13-7-16)28-14-15-4-2-1-3-5-15/h1-13H,14H2,(H,24,26)(H2,23,25,27). The van der Waals surface area contributed by atoms with E-state index in [4.69, 9.17) is 16.3 Å². The average molecular weight is 396 g/mol. The van der Waals surface area contributed by atoms with Crippen LogP contribution in [0.3, 0.4) is 0 Å². The second-order valence-corrected chi connectivity index (χ2v) is 6.28. The number of anilines is 1. The summed E-state index contributed by atoms with van der Waals surface area (Å²) in [6.45, 7) is 0.443. The van der Waals surface area contributed by atoms with Crippen molar-refractivity contribution in [2.75, 3.05) is 5.32 Å². The molecule has 0 aliphatic heterocycles. The van der Waals surface area contributed by atoms with Gasteiger partial charge < -0.3 is 10.1 Å². The normalized spacial score (nSPS) is 10.0. The van der Waals surface area contributed by atoms with Gasteiger partial charge in [0.15, 0.2) is 0 Å². The van der Waals surface area contributed by atoms with Crippen LogP contribution in [-0.4, -0.2) is 11.9 Å². The van der Waals surface area contributed by atoms with E-state index in [0.29, 0.717) is 28.6 Å². The number of hydrazine groups is 1. The van der Waals surface area contributed by atoms with E-state index in [0.717, 1.165) is 5.56 Å². The number of rotatable bonds is 5. The zero-order chi connectivity index (χ0) is 19.8. The summed E-state index contributed by atoms with van der Waals surface area (Å²) in [5.74, 6) is 0.203. The topological polar surface area (TPSA) is 79.5 Å². The van der Waals surface area contributed by atoms with Crippen molar-refractivity contribution in [3.63, 3.8) is 0 Å². The number of benzene rings is 3. The van der Waals surface area contributed by atoms with E-state index in [-0.39, 0.29) is 0 Å². The molecule has 0 aliphatic carbocycles. The quantitative estimate of drug-likeness (QED) is 0.561. The minimum Gasteiger partial charge on any atom is -0.489 e. The van der Waals surface area contributed by atoms with Crippen molar-refractivity contribution >= 4 is 29.2 Å². The first kappa shape index (κ1) is 19.3. The Balaban J connectivity index is 1.46. The average Bonchev–Trinajstić information content (AvgIpc) is 2.73. The molecule has 7 heteroatoms. The lowest BCUT2D eigenvalue weighted by Gasteiger charge is -2.10. The Hall–Kier alpha value is -3.51. The second kappa shape index (κ2) is 9.43. The van der Waals surface area contributed by atoms with Gasteiger partial charge in [-0.15, -0.1) is 0 Å². The predicted molar refractivity (Wildman–Crippen MR) is 108 cm³/mol. The number of ether oxygens (including phenoxy) is 1. The van der Waals surface area contributed by atoms with Gasteiger partial charge in [-0.05, 0) is 54.1 Å². The van der Waals surface area contributed by atoms with Gasteiger partial charge in [-0.25, -0.2) is 10.2 Å². The Morgan fingerprint density at radius 2 is 1.50 bits per heavy atom. The van der Waals surface area contributed by atoms with E-state index in [1.54, 1.807) is 48.5 Å². The molecule has 3 aromatic rings. The van der Waals surface area contributed by atoms with Crippen LogP contribution in [0.15, 0.2) is 78.9 Å². The van der Waals surface area contributed by atoms with Crippen LogP contribution < -0.4 is 20.9 Å². The molecule has 3 rings (SSSR count). The molecule has 3 aromatic carbocycles. The third kappa shape index (κ3) is 5.75. The number of halogens is 1. The number of urea groups is 1. The summed E-state index contributed by atoms with van der Waals surface area (Å²) in [6, 6.07) is 22.5. The van der Waals surface area contributed by atoms with E-state index in [1.807, 2.05) is 30.3 Å². The van der Waals surface area contributed by atoms with Gasteiger partial charge >= 0.3 is 6.03 Å². The Kier molecular flexibility index (Phi) is 6.49. The highest BCUT2D eigenvalue weighted by Gasteiger charge is 2.08. The highest BCUT2D eigenvalue weighted by molar-refractivity contribution is 6.30. The number of carbonyl (C=O) groups excluding carboxylic acids is 2. The lowest BCUT2D eigenvalue weighted by Crippen LogP contribution is -2.43. The Morgan fingerprint density at radius 3 is 2.18 bits per heavy atom. The summed E-state index contributed by atoms with van der Waals surface area (Å²) in [7, 11) is 0. The molecule has 0 aromatic heterocycles. The maximum atomic E-state index is 12.1. The monoisotopic (exact) mass is 395 g/mol. The van der Waals surface area contributed by atoms with E-state index in [1.165, 1.54) is 0 Å². The van der Waals surface area contributed by atoms with E-state index in [2.05, 4.69) is 16.2 Å². The minimum absolute atomic E-state index is 0.388. The lowest BCUT2D eigenvalue weighted by atomic mass is 10.2. The van der Waals surface area contributed by atoms with Crippen LogP contribution in [0.1, 0.15) is 15.9 Å². The van der Waals surface area contributed by atoms with Crippen LogP contribution in [0, 0.1) is 0 Å². The molecule has 0 atom stereocenters. The Labute approximate surface area is 167 Å². The maximum Gasteiger partial charge on any atom is 0.337 e. The van der Waals surface area contributed by atoms with Crippen LogP contribution >= 0.6 is 11.6 Å². The molecule has 0 heterocycles. The van der Waals surface area contributed by atoms with Crippen molar-refractivity contribution in [2.45, 2.75) is 6.61 Å². The van der Waals surface area contributed by atoms with Crippen molar-refractivity contribution in [1.29, 1.82) is 0 Å². The van der Waals surface area contributed by atoms with Crippen LogP contribution in [-0.2, 0) is 6.61 Å². The van der Waals surface area contributed by atoms with Crippen molar-refractivity contribution in [1.82, 2.24) is 10.9 Å². The molecule has 6 nitrogen and oxygen atoms in total. The smallest absolute Gasteiger partial charge is 0.337 e. The Morgan fingerprint density at radius 1 is 0.821 bits per heavy atom. The van der Waals surface area contributed by atoms with Crippen molar-refractivity contribution < 1.29 is 14.3 Å². The summed E-state index contributed by atoms with van der Waals surface area (Å²) in [5, 5.41) is 3.14. The summed E-state index contributed by atoms with van der Waals surface area (Å²) in [4.78, 5) is 23.9. The van der Waals surface area contributed by atoms with Gasteiger partial charge in [0.1, 0.15) is 12.4 Å². The molecule has 0 radical (unpaired) electrons. The first-order chi connectivity index (χ1) is 13.6. The van der Waals surface area contributed by atoms with Crippen molar-refractivity contribution in [2.24, 2.45) is 0 Å². The van der Waals surface area contributed by atoms with Gasteiger partial charge in [0.25, 0.3) is 5.91 Å². The summed E-state index contributed by atoms with van der Waals surface area (Å²) in [5.41, 5.74) is 6.63. The molecule has 0 unspecified atom stereocenters. The summed E-state index contributed by atoms with van der Waals surface area (Å²) in [6.07, 6.45) is 0. The number of nitrogens with one attached hydrogen (secondary N) is 3. The molecule has 3 amide bonds. The molecular weight excluding hydrogens is 378 g/mol. The fourth-order valence-electron chi connectivity index (χ4n) is 2.32. The van der Waals surface area contributed by atoms with Gasteiger partial charge in [0, 0.05) is 16.3 Å². The molecule has 142 valence electrons. The van der Waals surface area contributed by atoms with Crippen molar-refractivity contribution in [3.05, 3.63) is 95.0 Å². The molecule has 0 bridgehead atoms. The highest BCUT2D eigenvalue weighted by atomic mass is 35.5. The number of carbonyl (C=O) groups is 2. The first-order valence-electron chi connectivity index (χ1n) is 8.50. The number of amides is 3. The van der Waals surface area contributed by atoms with Gasteiger partial charge in [-0.2, -0.15) is 0 Å². The third-order valence-corrected chi connectivity index (χ3v) is 4.01. The molecular formula is C21H18ClN3O3. The fourth-order valence-corrected chi connectivity index (χ4v) is 2.45. The largest absolute Gasteiger partial charge is 0.489 e. The molecule has 28 heavy (non-hydrogen) atoms. The van der Waals surface area contributed by atoms with Crippen LogP contribution in [0.25, 0.3) is 0 Å². The van der Waals surface area contributed by atoms with Gasteiger partial charge in [-0.1, -0.05) is 41.9 Å². The zero-order valence-corrected chi connectivity index (χ0v) is 15.6. The van der Waals surface area contributed by atoms with Crippen LogP contribution in [0.4, 0.5) is 10.5 Å². The summed E-state index contributed by atoms with van der Waals surface area (Å²) < 4.78 is 5.68. The summed E-state index contributed by atoms with van der Waals surface area (Å²) >= 11 is 5.79. The second-order valence-electron chi connectivity index (χ2n) is 5.84. The zero-order valence-electron chi connectivity index (χ0n) is 14.8. The fraction of sp³-hybridized carbons (Fsp3) is 0.0476. The molecule has 0 saturated carbocycles. The molecule has 0 spiro atoms. The van der Waals surface area contributed by atoms with E-state index >= 15 is 0 Å². The van der Waals surface area contributed by atoms with Crippen molar-refractivity contribution in [3.8, 4) is 5.75 Å². The van der Waals surface area contributed by atoms with Gasteiger partial charge in [0.05, 0.1) is 0 Å². The van der Waals surface area contributed by atoms with E-state index < -0.39 is 11.9 Å². The molecule has 0 saturated heterocycles. The Bertz CT molecular complexity index is 929. The van der Waals surface area contributed by atoms with Gasteiger partial charge in [-0.3, -0.25) is 10.2 Å². The van der Waals surface area contributed by atoms with E-state index in [9.17, 15) is 9.59 Å². The number of hydrogen-bond acceptors (Lipinski definition) is 3. The molecule has 0 aliphatic rings. The molecule has 3 N–H and O–H groups in total. The number of hydrogen-bond donors (Lipinski definition) is 3. The van der Waals surface area contributed by atoms with Crippen LogP contribution in [0.2, 0.25) is 5.02 Å². The molecule has 0 fully saturated rings. The lowest BCUT2D eigenvalue weighted by molar-refractivity contribution is 0.0938.